The number of hydrogen-bond donors (Lipinski definition) is 1. The Balaban J connectivity index is 1.55. The van der Waals surface area contributed by atoms with Gasteiger partial charge in [0, 0.05) is 39.0 Å². The molecule has 1 N–H and O–H groups in total. The highest BCUT2D eigenvalue weighted by Gasteiger charge is 2.15. The molecular weight excluding hydrogens is 238 g/mol. The summed E-state index contributed by atoms with van der Waals surface area (Å²) in [6, 6.07) is 6.02. The lowest BCUT2D eigenvalue weighted by atomic mass is 10.1. The molecule has 1 fully saturated rings. The summed E-state index contributed by atoms with van der Waals surface area (Å²) in [5.41, 5.74) is 1.10. The molecular formula is C15H25N3O. The monoisotopic (exact) mass is 263 g/mol. The Bertz CT molecular complexity index is 339. The number of likely N-dealkylation sites (N-methyl/N-ethyl adjacent to an activating group) is 1. The Hall–Kier alpha value is -0.970. The molecule has 0 aliphatic carbocycles. The smallest absolute Gasteiger partial charge is 0.0701 e. The lowest BCUT2D eigenvalue weighted by Gasteiger charge is -2.27. The van der Waals surface area contributed by atoms with Crippen molar-refractivity contribution in [1.82, 2.24) is 15.2 Å². The summed E-state index contributed by atoms with van der Waals surface area (Å²) in [5, 5.41) is 3.42. The van der Waals surface area contributed by atoms with E-state index in [1.165, 1.54) is 19.3 Å². The minimum Gasteiger partial charge on any atom is -0.377 e. The standard InChI is InChI=1S/C15H25N3O/c1-18(13-15-7-3-5-11-19-15)10-9-16-12-14-6-2-4-8-17-14/h2,4,6,8,15-16H,3,5,7,9-13H2,1H3. The lowest BCUT2D eigenvalue weighted by Crippen LogP contribution is -2.37. The van der Waals surface area contributed by atoms with E-state index in [0.717, 1.165) is 38.5 Å². The van der Waals surface area contributed by atoms with Crippen LogP contribution in [0.2, 0.25) is 0 Å². The predicted molar refractivity (Wildman–Crippen MR) is 77.0 cm³/mol. The summed E-state index contributed by atoms with van der Waals surface area (Å²) in [6.45, 7) is 4.86. The van der Waals surface area contributed by atoms with E-state index in [9.17, 15) is 0 Å². The van der Waals surface area contributed by atoms with Gasteiger partial charge < -0.3 is 15.0 Å². The zero-order valence-corrected chi connectivity index (χ0v) is 11.8. The van der Waals surface area contributed by atoms with E-state index in [2.05, 4.69) is 22.2 Å². The molecule has 1 saturated heterocycles. The van der Waals surface area contributed by atoms with Gasteiger partial charge in [-0.3, -0.25) is 4.98 Å². The second-order valence-corrected chi connectivity index (χ2v) is 5.25. The maximum atomic E-state index is 5.75. The van der Waals surface area contributed by atoms with Crippen LogP contribution in [-0.2, 0) is 11.3 Å². The Morgan fingerprint density at radius 3 is 3.11 bits per heavy atom. The predicted octanol–water partition coefficient (Wildman–Crippen LogP) is 1.67. The van der Waals surface area contributed by atoms with Crippen molar-refractivity contribution in [2.45, 2.75) is 31.9 Å². The number of hydrogen-bond acceptors (Lipinski definition) is 4. The average molecular weight is 263 g/mol. The highest BCUT2D eigenvalue weighted by Crippen LogP contribution is 2.13. The van der Waals surface area contributed by atoms with Crippen LogP contribution in [0.25, 0.3) is 0 Å². The van der Waals surface area contributed by atoms with Gasteiger partial charge in [-0.15, -0.1) is 0 Å². The summed E-state index contributed by atoms with van der Waals surface area (Å²) in [4.78, 5) is 6.64. The van der Waals surface area contributed by atoms with Crippen LogP contribution in [-0.4, -0.2) is 49.3 Å². The summed E-state index contributed by atoms with van der Waals surface area (Å²) < 4.78 is 5.75. The second-order valence-electron chi connectivity index (χ2n) is 5.25. The third kappa shape index (κ3) is 5.68. The zero-order chi connectivity index (χ0) is 13.3. The summed E-state index contributed by atoms with van der Waals surface area (Å²) in [7, 11) is 2.17. The second kappa shape index (κ2) is 8.25. The Labute approximate surface area is 116 Å². The Kier molecular flexibility index (Phi) is 6.27. The fraction of sp³-hybridized carbons (Fsp3) is 0.667. The normalized spacial score (nSPS) is 19.8. The van der Waals surface area contributed by atoms with Crippen molar-refractivity contribution in [3.63, 3.8) is 0 Å². The van der Waals surface area contributed by atoms with E-state index in [-0.39, 0.29) is 0 Å². The van der Waals surface area contributed by atoms with Gasteiger partial charge in [0.05, 0.1) is 11.8 Å². The van der Waals surface area contributed by atoms with Crippen molar-refractivity contribution in [3.8, 4) is 0 Å². The van der Waals surface area contributed by atoms with Crippen LogP contribution in [0.3, 0.4) is 0 Å². The van der Waals surface area contributed by atoms with E-state index in [1.807, 2.05) is 24.4 Å². The first-order valence-corrected chi connectivity index (χ1v) is 7.25. The summed E-state index contributed by atoms with van der Waals surface area (Å²) in [5.74, 6) is 0. The first kappa shape index (κ1) is 14.4. The molecule has 1 aromatic rings. The van der Waals surface area contributed by atoms with Gasteiger partial charge in [0.1, 0.15) is 0 Å². The van der Waals surface area contributed by atoms with Crippen LogP contribution in [0.5, 0.6) is 0 Å². The number of ether oxygens (including phenoxy) is 1. The molecule has 0 bridgehead atoms. The van der Waals surface area contributed by atoms with Gasteiger partial charge in [-0.1, -0.05) is 6.07 Å². The van der Waals surface area contributed by atoms with E-state index in [0.29, 0.717) is 6.10 Å². The SMILES string of the molecule is CN(CCNCc1ccccn1)CC1CCCCO1. The molecule has 1 aliphatic heterocycles. The van der Waals surface area contributed by atoms with Crippen LogP contribution in [0, 0.1) is 0 Å². The highest BCUT2D eigenvalue weighted by molar-refractivity contribution is 5.02. The first-order chi connectivity index (χ1) is 9.34. The molecule has 0 spiro atoms. The molecule has 106 valence electrons. The van der Waals surface area contributed by atoms with E-state index < -0.39 is 0 Å². The van der Waals surface area contributed by atoms with Gasteiger partial charge in [0.25, 0.3) is 0 Å². The molecule has 0 aromatic carbocycles. The van der Waals surface area contributed by atoms with Crippen molar-refractivity contribution >= 4 is 0 Å². The van der Waals surface area contributed by atoms with Gasteiger partial charge in [-0.2, -0.15) is 0 Å². The van der Waals surface area contributed by atoms with E-state index in [4.69, 9.17) is 4.74 Å². The average Bonchev–Trinajstić information content (AvgIpc) is 2.46. The van der Waals surface area contributed by atoms with Crippen molar-refractivity contribution in [1.29, 1.82) is 0 Å². The van der Waals surface area contributed by atoms with Gasteiger partial charge >= 0.3 is 0 Å². The van der Waals surface area contributed by atoms with Crippen LogP contribution < -0.4 is 5.32 Å². The molecule has 1 unspecified atom stereocenters. The third-order valence-electron chi connectivity index (χ3n) is 3.49. The first-order valence-electron chi connectivity index (χ1n) is 7.25. The largest absolute Gasteiger partial charge is 0.377 e. The van der Waals surface area contributed by atoms with Gasteiger partial charge in [-0.25, -0.2) is 0 Å². The van der Waals surface area contributed by atoms with Crippen molar-refractivity contribution in [2.75, 3.05) is 33.3 Å². The zero-order valence-electron chi connectivity index (χ0n) is 11.8. The highest BCUT2D eigenvalue weighted by atomic mass is 16.5. The molecule has 0 amide bonds. The van der Waals surface area contributed by atoms with Crippen molar-refractivity contribution in [3.05, 3.63) is 30.1 Å². The summed E-state index contributed by atoms with van der Waals surface area (Å²) >= 11 is 0. The molecule has 0 saturated carbocycles. The van der Waals surface area contributed by atoms with Crippen LogP contribution >= 0.6 is 0 Å². The summed E-state index contributed by atoms with van der Waals surface area (Å²) in [6.07, 6.45) is 6.03. The van der Waals surface area contributed by atoms with Crippen LogP contribution in [0.4, 0.5) is 0 Å². The molecule has 19 heavy (non-hydrogen) atoms. The fourth-order valence-electron chi connectivity index (χ4n) is 2.38. The fourth-order valence-corrected chi connectivity index (χ4v) is 2.38. The van der Waals surface area contributed by atoms with E-state index >= 15 is 0 Å². The molecule has 2 rings (SSSR count). The molecule has 1 atom stereocenters. The number of aromatic nitrogens is 1. The molecule has 4 heteroatoms. The molecule has 1 aliphatic rings. The van der Waals surface area contributed by atoms with Gasteiger partial charge in [0.2, 0.25) is 0 Å². The van der Waals surface area contributed by atoms with Gasteiger partial charge in [0.15, 0.2) is 0 Å². The van der Waals surface area contributed by atoms with Gasteiger partial charge in [-0.05, 0) is 38.4 Å². The van der Waals surface area contributed by atoms with Crippen molar-refractivity contribution in [2.24, 2.45) is 0 Å². The number of nitrogens with one attached hydrogen (secondary N) is 1. The molecule has 0 radical (unpaired) electrons. The Morgan fingerprint density at radius 2 is 2.37 bits per heavy atom. The Morgan fingerprint density at radius 1 is 1.42 bits per heavy atom. The minimum absolute atomic E-state index is 0.439. The topological polar surface area (TPSA) is 37.4 Å². The third-order valence-corrected chi connectivity index (χ3v) is 3.49. The van der Waals surface area contributed by atoms with Crippen LogP contribution in [0.15, 0.2) is 24.4 Å². The number of nitrogens with zero attached hydrogens (tertiary/aromatic N) is 2. The minimum atomic E-state index is 0.439. The maximum absolute atomic E-state index is 5.75. The van der Waals surface area contributed by atoms with E-state index in [1.54, 1.807) is 0 Å². The van der Waals surface area contributed by atoms with Crippen molar-refractivity contribution < 1.29 is 4.74 Å². The maximum Gasteiger partial charge on any atom is 0.0701 e. The molecule has 4 nitrogen and oxygen atoms in total. The number of rotatable bonds is 7. The molecule has 2 heterocycles. The molecule has 1 aromatic heterocycles. The quantitative estimate of drug-likeness (QED) is 0.759. The lowest BCUT2D eigenvalue weighted by molar-refractivity contribution is -0.00123. The van der Waals surface area contributed by atoms with Crippen LogP contribution in [0.1, 0.15) is 25.0 Å². The number of pyridine rings is 1.